The van der Waals surface area contributed by atoms with E-state index in [0.717, 1.165) is 17.8 Å². The maximum atomic E-state index is 2.42. The standard InChI is InChI=1S/C8H14/c1-6-4-7-2-3-8(6)5-7/h6-8H,2-5H2,1H3/t6-,7?,8-/m1/s1. The Morgan fingerprint density at radius 3 is 2.25 bits per heavy atom. The van der Waals surface area contributed by atoms with Crippen LogP contribution < -0.4 is 0 Å². The minimum absolute atomic E-state index is 1.08. The number of hydrogen-bond acceptors (Lipinski definition) is 0. The zero-order valence-corrected chi connectivity index (χ0v) is 5.56. The average molecular weight is 110 g/mol. The Labute approximate surface area is 51.3 Å². The molecule has 0 saturated heterocycles. The molecular formula is C8H14. The van der Waals surface area contributed by atoms with E-state index >= 15 is 0 Å². The van der Waals surface area contributed by atoms with Gasteiger partial charge < -0.3 is 0 Å². The minimum Gasteiger partial charge on any atom is -0.0622 e. The van der Waals surface area contributed by atoms with E-state index in [4.69, 9.17) is 0 Å². The fourth-order valence-corrected chi connectivity index (χ4v) is 2.56. The Balaban J connectivity index is 2.11. The van der Waals surface area contributed by atoms with Gasteiger partial charge >= 0.3 is 0 Å². The Hall–Kier alpha value is 0. The van der Waals surface area contributed by atoms with E-state index in [1.54, 1.807) is 25.7 Å². The van der Waals surface area contributed by atoms with E-state index in [1.807, 2.05) is 0 Å². The van der Waals surface area contributed by atoms with Gasteiger partial charge in [-0.05, 0) is 37.0 Å². The monoisotopic (exact) mass is 110 g/mol. The Kier molecular flexibility index (Phi) is 0.902. The molecule has 0 aliphatic heterocycles. The summed E-state index contributed by atoms with van der Waals surface area (Å²) in [6.45, 7) is 2.42. The Morgan fingerprint density at radius 1 is 1.12 bits per heavy atom. The molecule has 2 aliphatic rings. The zero-order chi connectivity index (χ0) is 5.56. The molecule has 0 N–H and O–H groups in total. The molecule has 0 spiro atoms. The molecule has 2 bridgehead atoms. The Morgan fingerprint density at radius 2 is 2.00 bits per heavy atom. The molecule has 0 aromatic rings. The van der Waals surface area contributed by atoms with Crippen LogP contribution in [0.1, 0.15) is 32.6 Å². The maximum Gasteiger partial charge on any atom is -0.0386 e. The molecule has 0 radical (unpaired) electrons. The van der Waals surface area contributed by atoms with Crippen molar-refractivity contribution in [1.29, 1.82) is 0 Å². The topological polar surface area (TPSA) is 0 Å². The van der Waals surface area contributed by atoms with E-state index in [-0.39, 0.29) is 0 Å². The van der Waals surface area contributed by atoms with E-state index in [2.05, 4.69) is 6.92 Å². The van der Waals surface area contributed by atoms with Gasteiger partial charge in [0.05, 0.1) is 0 Å². The lowest BCUT2D eigenvalue weighted by molar-refractivity contribution is 0.360. The van der Waals surface area contributed by atoms with Crippen LogP contribution in [0.5, 0.6) is 0 Å². The largest absolute Gasteiger partial charge is 0.0622 e. The van der Waals surface area contributed by atoms with Gasteiger partial charge in [-0.3, -0.25) is 0 Å². The van der Waals surface area contributed by atoms with Gasteiger partial charge in [-0.15, -0.1) is 0 Å². The molecule has 46 valence electrons. The van der Waals surface area contributed by atoms with Crippen LogP contribution >= 0.6 is 0 Å². The van der Waals surface area contributed by atoms with Gasteiger partial charge in [0, 0.05) is 0 Å². The van der Waals surface area contributed by atoms with Gasteiger partial charge in [0.2, 0.25) is 0 Å². The Bertz CT molecular complexity index is 94.2. The molecule has 3 atom stereocenters. The van der Waals surface area contributed by atoms with E-state index in [1.165, 1.54) is 0 Å². The fourth-order valence-electron chi connectivity index (χ4n) is 2.56. The molecule has 2 aliphatic carbocycles. The molecule has 0 amide bonds. The lowest BCUT2D eigenvalue weighted by atomic mass is 9.91. The summed E-state index contributed by atoms with van der Waals surface area (Å²) >= 11 is 0. The van der Waals surface area contributed by atoms with Crippen LogP contribution in [0.2, 0.25) is 0 Å². The number of fused-ring (bicyclic) bond motifs is 2. The first-order valence-corrected chi connectivity index (χ1v) is 3.86. The first-order chi connectivity index (χ1) is 3.86. The van der Waals surface area contributed by atoms with Crippen LogP contribution in [0.3, 0.4) is 0 Å². The SMILES string of the molecule is C[C@@H]1CC2CC[C@@H]1C2. The van der Waals surface area contributed by atoms with Gasteiger partial charge in [0.25, 0.3) is 0 Å². The molecule has 0 heterocycles. The molecule has 0 heteroatoms. The third-order valence-corrected chi connectivity index (χ3v) is 3.09. The normalized spacial score (nSPS) is 52.9. The lowest BCUT2D eigenvalue weighted by Gasteiger charge is -2.15. The van der Waals surface area contributed by atoms with Crippen LogP contribution in [0.4, 0.5) is 0 Å². The second-order valence-electron chi connectivity index (χ2n) is 3.65. The first kappa shape index (κ1) is 4.84. The van der Waals surface area contributed by atoms with Gasteiger partial charge in [-0.1, -0.05) is 13.3 Å². The minimum atomic E-state index is 1.08. The molecule has 8 heavy (non-hydrogen) atoms. The van der Waals surface area contributed by atoms with Crippen LogP contribution in [0.15, 0.2) is 0 Å². The number of hydrogen-bond donors (Lipinski definition) is 0. The van der Waals surface area contributed by atoms with Crippen molar-refractivity contribution in [2.24, 2.45) is 17.8 Å². The van der Waals surface area contributed by atoms with Gasteiger partial charge in [-0.2, -0.15) is 0 Å². The van der Waals surface area contributed by atoms with Crippen molar-refractivity contribution < 1.29 is 0 Å². The summed E-state index contributed by atoms with van der Waals surface area (Å²) in [4.78, 5) is 0. The summed E-state index contributed by atoms with van der Waals surface area (Å²) < 4.78 is 0. The zero-order valence-electron chi connectivity index (χ0n) is 5.56. The van der Waals surface area contributed by atoms with Gasteiger partial charge in [-0.25, -0.2) is 0 Å². The van der Waals surface area contributed by atoms with Crippen molar-refractivity contribution >= 4 is 0 Å². The molecule has 0 aromatic heterocycles. The highest BCUT2D eigenvalue weighted by atomic mass is 14.4. The highest BCUT2D eigenvalue weighted by Crippen LogP contribution is 2.47. The van der Waals surface area contributed by atoms with Crippen LogP contribution in [-0.4, -0.2) is 0 Å². The maximum absolute atomic E-state index is 2.42. The highest BCUT2D eigenvalue weighted by Gasteiger charge is 2.36. The summed E-state index contributed by atoms with van der Waals surface area (Å²) in [6, 6.07) is 0. The molecule has 2 rings (SSSR count). The van der Waals surface area contributed by atoms with Crippen molar-refractivity contribution in [1.82, 2.24) is 0 Å². The average Bonchev–Trinajstić information content (AvgIpc) is 2.23. The smallest absolute Gasteiger partial charge is 0.0386 e. The predicted molar refractivity (Wildman–Crippen MR) is 34.6 cm³/mol. The summed E-state index contributed by atoms with van der Waals surface area (Å²) in [5, 5.41) is 0. The molecule has 1 unspecified atom stereocenters. The number of rotatable bonds is 0. The van der Waals surface area contributed by atoms with Crippen molar-refractivity contribution in [3.63, 3.8) is 0 Å². The fraction of sp³-hybridized carbons (Fsp3) is 1.00. The summed E-state index contributed by atoms with van der Waals surface area (Å²) in [6.07, 6.45) is 6.21. The highest BCUT2D eigenvalue weighted by molar-refractivity contribution is 4.87. The molecular weight excluding hydrogens is 96.1 g/mol. The van der Waals surface area contributed by atoms with Crippen LogP contribution in [0, 0.1) is 17.8 Å². The van der Waals surface area contributed by atoms with Crippen molar-refractivity contribution in [3.05, 3.63) is 0 Å². The molecule has 2 saturated carbocycles. The molecule has 0 nitrogen and oxygen atoms in total. The third-order valence-electron chi connectivity index (χ3n) is 3.09. The van der Waals surface area contributed by atoms with E-state index in [0.29, 0.717) is 0 Å². The van der Waals surface area contributed by atoms with Gasteiger partial charge in [0.15, 0.2) is 0 Å². The van der Waals surface area contributed by atoms with E-state index in [9.17, 15) is 0 Å². The lowest BCUT2D eigenvalue weighted by Crippen LogP contribution is -2.04. The predicted octanol–water partition coefficient (Wildman–Crippen LogP) is 2.44. The summed E-state index contributed by atoms with van der Waals surface area (Å²) in [5.41, 5.74) is 0. The third kappa shape index (κ3) is 0.519. The van der Waals surface area contributed by atoms with Crippen molar-refractivity contribution in [2.75, 3.05) is 0 Å². The van der Waals surface area contributed by atoms with Gasteiger partial charge in [0.1, 0.15) is 0 Å². The first-order valence-electron chi connectivity index (χ1n) is 3.86. The second kappa shape index (κ2) is 1.49. The van der Waals surface area contributed by atoms with Crippen molar-refractivity contribution in [2.45, 2.75) is 32.6 Å². The summed E-state index contributed by atoms with van der Waals surface area (Å²) in [5.74, 6) is 3.36. The van der Waals surface area contributed by atoms with Crippen molar-refractivity contribution in [3.8, 4) is 0 Å². The second-order valence-corrected chi connectivity index (χ2v) is 3.65. The van der Waals surface area contributed by atoms with E-state index < -0.39 is 0 Å². The summed E-state index contributed by atoms with van der Waals surface area (Å²) in [7, 11) is 0. The quantitative estimate of drug-likeness (QED) is 0.449. The van der Waals surface area contributed by atoms with Crippen LogP contribution in [0.25, 0.3) is 0 Å². The van der Waals surface area contributed by atoms with Crippen LogP contribution in [-0.2, 0) is 0 Å². The molecule has 2 fully saturated rings. The molecule has 0 aromatic carbocycles.